The van der Waals surface area contributed by atoms with E-state index in [1.165, 1.54) is 11.3 Å². The van der Waals surface area contributed by atoms with Gasteiger partial charge in [-0.2, -0.15) is 0 Å². The number of amides is 1. The summed E-state index contributed by atoms with van der Waals surface area (Å²) in [6.45, 7) is 0.376. The molecule has 0 bridgehead atoms. The maximum absolute atomic E-state index is 12.5. The molecule has 0 aliphatic carbocycles. The number of imidazole rings is 1. The first kappa shape index (κ1) is 15.3. The molecule has 2 heterocycles. The van der Waals surface area contributed by atoms with Crippen LogP contribution in [0.1, 0.15) is 16.1 Å². The third kappa shape index (κ3) is 3.36. The van der Waals surface area contributed by atoms with Gasteiger partial charge in [-0.15, -0.1) is 11.3 Å². The van der Waals surface area contributed by atoms with Crippen molar-refractivity contribution < 1.29 is 9.53 Å². The Labute approximate surface area is 147 Å². The van der Waals surface area contributed by atoms with E-state index in [9.17, 15) is 4.79 Å². The molecule has 25 heavy (non-hydrogen) atoms. The number of hydrogen-bond donors (Lipinski definition) is 1. The monoisotopic (exact) mass is 350 g/mol. The van der Waals surface area contributed by atoms with Crippen LogP contribution in [0.5, 0.6) is 5.75 Å². The zero-order valence-electron chi connectivity index (χ0n) is 13.1. The highest BCUT2D eigenvalue weighted by Crippen LogP contribution is 2.16. The van der Waals surface area contributed by atoms with Gasteiger partial charge in [0.25, 0.3) is 5.91 Å². The van der Waals surface area contributed by atoms with Gasteiger partial charge in [0.05, 0.1) is 22.2 Å². The van der Waals surface area contributed by atoms with Crippen LogP contribution in [-0.4, -0.2) is 20.6 Å². The molecule has 0 fully saturated rings. The van der Waals surface area contributed by atoms with Crippen LogP contribution in [0.2, 0.25) is 0 Å². The number of para-hydroxylation sites is 2. The van der Waals surface area contributed by atoms with Crippen molar-refractivity contribution in [1.29, 1.82) is 0 Å². The Balaban J connectivity index is 1.49. The summed E-state index contributed by atoms with van der Waals surface area (Å²) in [5, 5.41) is 1.93. The van der Waals surface area contributed by atoms with E-state index in [1.54, 1.807) is 34.7 Å². The molecule has 0 saturated carbocycles. The number of carbonyl (C=O) groups excluding carboxylic acids is 1. The van der Waals surface area contributed by atoms with Crippen molar-refractivity contribution in [2.24, 2.45) is 0 Å². The van der Waals surface area contributed by atoms with Crippen LogP contribution >= 0.6 is 11.3 Å². The summed E-state index contributed by atoms with van der Waals surface area (Å²) in [5.41, 5.74) is 7.62. The molecule has 0 atom stereocenters. The highest BCUT2D eigenvalue weighted by molar-refractivity contribution is 7.07. The molecule has 4 rings (SSSR count). The van der Waals surface area contributed by atoms with E-state index in [1.807, 2.05) is 35.7 Å². The second-order valence-electron chi connectivity index (χ2n) is 5.34. The molecule has 0 radical (unpaired) electrons. The van der Waals surface area contributed by atoms with Crippen LogP contribution in [-0.2, 0) is 6.61 Å². The number of carbonyl (C=O) groups is 1. The van der Waals surface area contributed by atoms with Crippen molar-refractivity contribution in [2.75, 3.05) is 5.43 Å². The van der Waals surface area contributed by atoms with Gasteiger partial charge >= 0.3 is 0 Å². The highest BCUT2D eigenvalue weighted by atomic mass is 32.1. The summed E-state index contributed by atoms with van der Waals surface area (Å²) in [5.74, 6) is 0.387. The molecule has 0 unspecified atom stereocenters. The molecule has 6 nitrogen and oxygen atoms in total. The molecule has 0 spiro atoms. The van der Waals surface area contributed by atoms with E-state index in [0.717, 1.165) is 16.7 Å². The van der Waals surface area contributed by atoms with Gasteiger partial charge in [-0.1, -0.05) is 18.2 Å². The Hall–Kier alpha value is -3.19. The Kier molecular flexibility index (Phi) is 4.14. The largest absolute Gasteiger partial charge is 0.487 e. The normalized spacial score (nSPS) is 10.7. The van der Waals surface area contributed by atoms with E-state index in [2.05, 4.69) is 15.4 Å². The number of nitrogens with one attached hydrogen (secondary N) is 1. The minimum atomic E-state index is -0.234. The zero-order valence-corrected chi connectivity index (χ0v) is 13.9. The van der Waals surface area contributed by atoms with Gasteiger partial charge in [0.15, 0.2) is 0 Å². The third-order valence-corrected chi connectivity index (χ3v) is 4.28. The van der Waals surface area contributed by atoms with E-state index in [4.69, 9.17) is 4.74 Å². The number of ether oxygens (including phenoxy) is 1. The second-order valence-corrected chi connectivity index (χ2v) is 6.06. The second kappa shape index (κ2) is 6.74. The van der Waals surface area contributed by atoms with Crippen molar-refractivity contribution in [3.05, 3.63) is 77.0 Å². The standard InChI is InChI=1S/C18H14N4O2S/c23-18(21-22-11-19-16-6-1-2-7-17(16)22)13-4-3-5-15(8-13)24-9-14-10-25-12-20-14/h1-8,10-12H,9H2,(H,21,23). The predicted octanol–water partition coefficient (Wildman–Crippen LogP) is 3.46. The van der Waals surface area contributed by atoms with Crippen LogP contribution in [0.4, 0.5) is 0 Å². The number of benzene rings is 2. The van der Waals surface area contributed by atoms with Crippen LogP contribution in [0, 0.1) is 0 Å². The lowest BCUT2D eigenvalue weighted by molar-refractivity contribution is 0.101. The van der Waals surface area contributed by atoms with Gasteiger partial charge in [-0.05, 0) is 30.3 Å². The fourth-order valence-corrected chi connectivity index (χ4v) is 2.96. The molecular weight excluding hydrogens is 336 g/mol. The van der Waals surface area contributed by atoms with Crippen molar-refractivity contribution in [2.45, 2.75) is 6.61 Å². The van der Waals surface area contributed by atoms with Crippen molar-refractivity contribution in [1.82, 2.24) is 14.6 Å². The maximum atomic E-state index is 12.5. The topological polar surface area (TPSA) is 69.0 Å². The Morgan fingerprint density at radius 2 is 2.08 bits per heavy atom. The summed E-state index contributed by atoms with van der Waals surface area (Å²) in [6, 6.07) is 14.7. The Morgan fingerprint density at radius 3 is 2.96 bits per heavy atom. The molecule has 0 saturated heterocycles. The van der Waals surface area contributed by atoms with Crippen LogP contribution in [0.3, 0.4) is 0 Å². The highest BCUT2D eigenvalue weighted by Gasteiger charge is 2.09. The van der Waals surface area contributed by atoms with Gasteiger partial charge < -0.3 is 4.74 Å². The first-order valence-corrected chi connectivity index (χ1v) is 8.57. The lowest BCUT2D eigenvalue weighted by Gasteiger charge is -2.09. The van der Waals surface area contributed by atoms with Gasteiger partial charge in [-0.25, -0.2) is 14.6 Å². The molecule has 1 N–H and O–H groups in total. The summed E-state index contributed by atoms with van der Waals surface area (Å²) in [6.07, 6.45) is 1.59. The SMILES string of the molecule is O=C(Nn1cnc2ccccc21)c1cccc(OCc2cscn2)c1. The number of rotatable bonds is 5. The molecule has 4 aromatic rings. The molecule has 0 aliphatic heterocycles. The van der Waals surface area contributed by atoms with E-state index in [0.29, 0.717) is 17.9 Å². The van der Waals surface area contributed by atoms with E-state index in [-0.39, 0.29) is 5.91 Å². The third-order valence-electron chi connectivity index (χ3n) is 3.64. The number of fused-ring (bicyclic) bond motifs is 1. The van der Waals surface area contributed by atoms with Crippen LogP contribution in [0.25, 0.3) is 11.0 Å². The zero-order chi connectivity index (χ0) is 17.1. The maximum Gasteiger partial charge on any atom is 0.270 e. The fourth-order valence-electron chi connectivity index (χ4n) is 2.42. The first-order chi connectivity index (χ1) is 12.3. The summed E-state index contributed by atoms with van der Waals surface area (Å²) >= 11 is 1.52. The number of nitrogens with zero attached hydrogens (tertiary/aromatic N) is 3. The lowest BCUT2D eigenvalue weighted by Crippen LogP contribution is -2.22. The minimum absolute atomic E-state index is 0.234. The van der Waals surface area contributed by atoms with Gasteiger partial charge in [0.2, 0.25) is 0 Å². The first-order valence-electron chi connectivity index (χ1n) is 7.63. The molecule has 0 aliphatic rings. The lowest BCUT2D eigenvalue weighted by atomic mass is 10.2. The molecule has 7 heteroatoms. The Morgan fingerprint density at radius 1 is 1.16 bits per heavy atom. The molecule has 2 aromatic carbocycles. The van der Waals surface area contributed by atoms with Gasteiger partial charge in [-0.3, -0.25) is 10.2 Å². The number of thiazole rings is 1. The average molecular weight is 350 g/mol. The smallest absolute Gasteiger partial charge is 0.270 e. The summed E-state index contributed by atoms with van der Waals surface area (Å²) < 4.78 is 7.30. The summed E-state index contributed by atoms with van der Waals surface area (Å²) in [7, 11) is 0. The van der Waals surface area contributed by atoms with Crippen LogP contribution < -0.4 is 10.2 Å². The summed E-state index contributed by atoms with van der Waals surface area (Å²) in [4.78, 5) is 20.9. The Bertz CT molecular complexity index is 1010. The van der Waals surface area contributed by atoms with Crippen molar-refractivity contribution in [3.8, 4) is 5.75 Å². The van der Waals surface area contributed by atoms with Gasteiger partial charge in [0, 0.05) is 10.9 Å². The fraction of sp³-hybridized carbons (Fsp3) is 0.0556. The number of hydrogen-bond acceptors (Lipinski definition) is 5. The molecule has 124 valence electrons. The number of aromatic nitrogens is 3. The van der Waals surface area contributed by atoms with E-state index >= 15 is 0 Å². The van der Waals surface area contributed by atoms with Gasteiger partial charge in [0.1, 0.15) is 18.7 Å². The van der Waals surface area contributed by atoms with Crippen molar-refractivity contribution in [3.63, 3.8) is 0 Å². The molecular formula is C18H14N4O2S. The van der Waals surface area contributed by atoms with Crippen molar-refractivity contribution >= 4 is 28.3 Å². The predicted molar refractivity (Wildman–Crippen MR) is 96.3 cm³/mol. The molecule has 2 aromatic heterocycles. The minimum Gasteiger partial charge on any atom is -0.487 e. The average Bonchev–Trinajstić information content (AvgIpc) is 3.31. The van der Waals surface area contributed by atoms with E-state index < -0.39 is 0 Å². The molecule has 1 amide bonds. The quantitative estimate of drug-likeness (QED) is 0.598. The van der Waals surface area contributed by atoms with Crippen LogP contribution in [0.15, 0.2) is 65.7 Å².